The molecule has 0 aliphatic carbocycles. The summed E-state index contributed by atoms with van der Waals surface area (Å²) in [6.07, 6.45) is 3.99. The lowest BCUT2D eigenvalue weighted by Gasteiger charge is -2.14. The summed E-state index contributed by atoms with van der Waals surface area (Å²) in [6.45, 7) is 2.70. The van der Waals surface area contributed by atoms with Gasteiger partial charge in [0, 0.05) is 29.6 Å². The van der Waals surface area contributed by atoms with Crippen LogP contribution in [0.5, 0.6) is 0 Å². The molecule has 0 radical (unpaired) electrons. The van der Waals surface area contributed by atoms with Gasteiger partial charge >= 0.3 is 0 Å². The highest BCUT2D eigenvalue weighted by Gasteiger charge is 2.15. The molecular formula is C15H18BrN3O. The van der Waals surface area contributed by atoms with Crippen molar-refractivity contribution in [2.24, 2.45) is 5.92 Å². The predicted molar refractivity (Wildman–Crippen MR) is 85.9 cm³/mol. The molecule has 1 aromatic heterocycles. The van der Waals surface area contributed by atoms with Crippen molar-refractivity contribution in [3.05, 3.63) is 28.9 Å². The lowest BCUT2D eigenvalue weighted by molar-refractivity contribution is 0.185. The van der Waals surface area contributed by atoms with E-state index in [1.165, 1.54) is 6.42 Å². The number of nitrogens with one attached hydrogen (secondary N) is 1. The highest BCUT2D eigenvalue weighted by Crippen LogP contribution is 2.30. The van der Waals surface area contributed by atoms with E-state index in [0.29, 0.717) is 11.6 Å². The van der Waals surface area contributed by atoms with Gasteiger partial charge in [0.05, 0.1) is 23.1 Å². The summed E-state index contributed by atoms with van der Waals surface area (Å²) in [7, 11) is 0. The van der Waals surface area contributed by atoms with E-state index in [1.54, 1.807) is 6.20 Å². The normalized spacial score (nSPS) is 18.6. The van der Waals surface area contributed by atoms with Crippen molar-refractivity contribution in [1.29, 1.82) is 0 Å². The number of hydrogen-bond acceptors (Lipinski definition) is 4. The van der Waals surface area contributed by atoms with E-state index >= 15 is 0 Å². The van der Waals surface area contributed by atoms with E-state index in [-0.39, 0.29) is 0 Å². The number of rotatable bonds is 4. The third-order valence-electron chi connectivity index (χ3n) is 3.74. The van der Waals surface area contributed by atoms with Gasteiger partial charge in [-0.15, -0.1) is 0 Å². The number of ether oxygens (including phenoxy) is 1. The highest BCUT2D eigenvalue weighted by molar-refractivity contribution is 9.10. The van der Waals surface area contributed by atoms with Gasteiger partial charge in [-0.3, -0.25) is 4.98 Å². The van der Waals surface area contributed by atoms with E-state index in [4.69, 9.17) is 10.5 Å². The maximum atomic E-state index is 6.07. The van der Waals surface area contributed by atoms with Gasteiger partial charge in [0.15, 0.2) is 0 Å². The van der Waals surface area contributed by atoms with Crippen LogP contribution in [0.4, 0.5) is 11.4 Å². The van der Waals surface area contributed by atoms with E-state index in [9.17, 15) is 0 Å². The molecule has 106 valence electrons. The minimum absolute atomic E-state index is 0.670. The first-order valence-electron chi connectivity index (χ1n) is 6.89. The maximum Gasteiger partial charge on any atom is 0.0743 e. The van der Waals surface area contributed by atoms with Gasteiger partial charge in [-0.25, -0.2) is 0 Å². The average Bonchev–Trinajstić information content (AvgIpc) is 2.94. The highest BCUT2D eigenvalue weighted by atomic mass is 79.9. The molecule has 3 rings (SSSR count). The second-order valence-corrected chi connectivity index (χ2v) is 6.11. The van der Waals surface area contributed by atoms with Crippen LogP contribution < -0.4 is 11.1 Å². The molecule has 1 saturated heterocycles. The summed E-state index contributed by atoms with van der Waals surface area (Å²) in [5.74, 6) is 0.670. The Bertz CT molecular complexity index is 606. The smallest absolute Gasteiger partial charge is 0.0743 e. The van der Waals surface area contributed by atoms with Crippen LogP contribution in [0.25, 0.3) is 10.9 Å². The number of nitrogens with zero attached hydrogens (tertiary/aromatic N) is 1. The maximum absolute atomic E-state index is 6.07. The molecule has 1 fully saturated rings. The molecule has 2 aromatic rings. The zero-order valence-corrected chi connectivity index (χ0v) is 12.8. The molecule has 5 heteroatoms. The van der Waals surface area contributed by atoms with Crippen molar-refractivity contribution < 1.29 is 4.74 Å². The van der Waals surface area contributed by atoms with Crippen molar-refractivity contribution in [1.82, 2.24) is 4.98 Å². The van der Waals surface area contributed by atoms with Crippen LogP contribution in [0.2, 0.25) is 0 Å². The second kappa shape index (κ2) is 5.97. The van der Waals surface area contributed by atoms with Gasteiger partial charge in [-0.05, 0) is 37.0 Å². The van der Waals surface area contributed by atoms with Gasteiger partial charge in [-0.1, -0.05) is 15.9 Å². The molecule has 0 saturated carbocycles. The topological polar surface area (TPSA) is 60.2 Å². The Morgan fingerprint density at radius 1 is 1.45 bits per heavy atom. The van der Waals surface area contributed by atoms with Gasteiger partial charge < -0.3 is 15.8 Å². The summed E-state index contributed by atoms with van der Waals surface area (Å²) < 4.78 is 6.43. The van der Waals surface area contributed by atoms with Crippen LogP contribution in [0.3, 0.4) is 0 Å². The molecule has 1 aromatic carbocycles. The van der Waals surface area contributed by atoms with E-state index < -0.39 is 0 Å². The van der Waals surface area contributed by atoms with Crippen molar-refractivity contribution in [2.75, 3.05) is 30.8 Å². The Hall–Kier alpha value is -1.33. The summed E-state index contributed by atoms with van der Waals surface area (Å²) in [5, 5.41) is 4.53. The van der Waals surface area contributed by atoms with Crippen molar-refractivity contribution >= 4 is 38.2 Å². The molecule has 1 unspecified atom stereocenters. The zero-order chi connectivity index (χ0) is 13.9. The van der Waals surface area contributed by atoms with E-state index in [2.05, 4.69) is 32.3 Å². The first-order valence-corrected chi connectivity index (χ1v) is 7.68. The lowest BCUT2D eigenvalue weighted by atomic mass is 10.1. The molecule has 1 atom stereocenters. The van der Waals surface area contributed by atoms with Crippen LogP contribution in [0.15, 0.2) is 28.9 Å². The Labute approximate surface area is 126 Å². The molecule has 0 bridgehead atoms. The number of nitrogen functional groups attached to an aromatic ring is 1. The number of benzene rings is 1. The fourth-order valence-corrected chi connectivity index (χ4v) is 2.95. The Morgan fingerprint density at radius 3 is 3.15 bits per heavy atom. The van der Waals surface area contributed by atoms with Gasteiger partial charge in [0.1, 0.15) is 0 Å². The fraction of sp³-hybridized carbons (Fsp3) is 0.400. The van der Waals surface area contributed by atoms with Crippen LogP contribution >= 0.6 is 15.9 Å². The molecule has 20 heavy (non-hydrogen) atoms. The molecule has 2 heterocycles. The summed E-state index contributed by atoms with van der Waals surface area (Å²) in [5.41, 5.74) is 8.69. The number of halogens is 1. The first-order chi connectivity index (χ1) is 9.74. The molecule has 4 nitrogen and oxygen atoms in total. The van der Waals surface area contributed by atoms with Crippen molar-refractivity contribution in [2.45, 2.75) is 12.8 Å². The molecular weight excluding hydrogens is 318 g/mol. The van der Waals surface area contributed by atoms with Gasteiger partial charge in [0.2, 0.25) is 0 Å². The molecule has 0 amide bonds. The van der Waals surface area contributed by atoms with Crippen LogP contribution in [-0.4, -0.2) is 24.7 Å². The fourth-order valence-electron chi connectivity index (χ4n) is 2.59. The van der Waals surface area contributed by atoms with Crippen molar-refractivity contribution in [3.8, 4) is 0 Å². The number of nitrogens with two attached hydrogens (primary N) is 1. The predicted octanol–water partition coefficient (Wildman–Crippen LogP) is 3.42. The number of pyridine rings is 1. The SMILES string of the molecule is Nc1cnc2ccc(Br)cc2c1NCCC1CCOC1. The van der Waals surface area contributed by atoms with E-state index in [1.807, 2.05) is 12.1 Å². The average molecular weight is 336 g/mol. The molecule has 1 aliphatic heterocycles. The van der Waals surface area contributed by atoms with Crippen LogP contribution in [-0.2, 0) is 4.74 Å². The quantitative estimate of drug-likeness (QED) is 0.898. The van der Waals surface area contributed by atoms with Gasteiger partial charge in [-0.2, -0.15) is 0 Å². The molecule has 0 spiro atoms. The van der Waals surface area contributed by atoms with Crippen LogP contribution in [0, 0.1) is 5.92 Å². The van der Waals surface area contributed by atoms with Crippen molar-refractivity contribution in [3.63, 3.8) is 0 Å². The standard InChI is InChI=1S/C15H18BrN3O/c16-11-1-2-14-12(7-11)15(13(17)8-19-14)18-5-3-10-4-6-20-9-10/h1-2,7-8,10H,3-6,9,17H2,(H,18,19). The first kappa shape index (κ1) is 13.6. The Balaban J connectivity index is 1.78. The summed E-state index contributed by atoms with van der Waals surface area (Å²) >= 11 is 3.50. The number of fused-ring (bicyclic) bond motifs is 1. The number of aromatic nitrogens is 1. The Kier molecular flexibility index (Phi) is 4.08. The summed E-state index contributed by atoms with van der Waals surface area (Å²) in [4.78, 5) is 4.36. The lowest BCUT2D eigenvalue weighted by Crippen LogP contribution is -2.10. The third-order valence-corrected chi connectivity index (χ3v) is 4.23. The Morgan fingerprint density at radius 2 is 2.35 bits per heavy atom. The van der Waals surface area contributed by atoms with Crippen LogP contribution in [0.1, 0.15) is 12.8 Å². The largest absolute Gasteiger partial charge is 0.396 e. The minimum atomic E-state index is 0.670. The number of hydrogen-bond donors (Lipinski definition) is 2. The second-order valence-electron chi connectivity index (χ2n) is 5.20. The van der Waals surface area contributed by atoms with E-state index in [0.717, 1.165) is 47.2 Å². The molecule has 1 aliphatic rings. The molecule has 3 N–H and O–H groups in total. The number of anilines is 2. The minimum Gasteiger partial charge on any atom is -0.396 e. The summed E-state index contributed by atoms with van der Waals surface area (Å²) in [6, 6.07) is 6.04. The van der Waals surface area contributed by atoms with Gasteiger partial charge in [0.25, 0.3) is 0 Å². The third kappa shape index (κ3) is 2.88. The zero-order valence-electron chi connectivity index (χ0n) is 11.2. The monoisotopic (exact) mass is 335 g/mol.